The Morgan fingerprint density at radius 2 is 2.00 bits per heavy atom. The second-order valence-electron chi connectivity index (χ2n) is 4.62. The van der Waals surface area contributed by atoms with E-state index in [4.69, 9.17) is 22.7 Å². The van der Waals surface area contributed by atoms with E-state index < -0.39 is 0 Å². The normalized spacial score (nSPS) is 10.5. The van der Waals surface area contributed by atoms with E-state index in [9.17, 15) is 0 Å². The third-order valence-corrected chi connectivity index (χ3v) is 3.31. The first-order chi connectivity index (χ1) is 10.1. The van der Waals surface area contributed by atoms with Gasteiger partial charge >= 0.3 is 0 Å². The summed E-state index contributed by atoms with van der Waals surface area (Å²) in [5, 5.41) is 1.01. The van der Waals surface area contributed by atoms with E-state index in [0.717, 1.165) is 16.6 Å². The number of pyridine rings is 2. The molecule has 3 aromatic rings. The van der Waals surface area contributed by atoms with Crippen LogP contribution in [0, 0.1) is 6.92 Å². The van der Waals surface area contributed by atoms with Crippen molar-refractivity contribution in [3.8, 4) is 11.5 Å². The van der Waals surface area contributed by atoms with E-state index in [0.29, 0.717) is 17.1 Å². The predicted octanol–water partition coefficient (Wildman–Crippen LogP) is 3.36. The van der Waals surface area contributed by atoms with Crippen LogP contribution in [-0.4, -0.2) is 15.0 Å². The molecule has 0 spiro atoms. The molecule has 0 bridgehead atoms. The highest BCUT2D eigenvalue weighted by atomic mass is 32.1. The monoisotopic (exact) mass is 295 g/mol. The fraction of sp³-hybridized carbons (Fsp3) is 0.0625. The van der Waals surface area contributed by atoms with Crippen LogP contribution in [0.1, 0.15) is 11.3 Å². The zero-order chi connectivity index (χ0) is 14.8. The van der Waals surface area contributed by atoms with Crippen LogP contribution < -0.4 is 10.5 Å². The van der Waals surface area contributed by atoms with Crippen LogP contribution in [0.5, 0.6) is 11.5 Å². The lowest BCUT2D eigenvalue weighted by molar-refractivity contribution is 0.483. The lowest BCUT2D eigenvalue weighted by atomic mass is 10.2. The first-order valence-corrected chi connectivity index (χ1v) is 6.84. The van der Waals surface area contributed by atoms with Crippen molar-refractivity contribution >= 4 is 28.1 Å². The largest absolute Gasteiger partial charge is 0.453 e. The van der Waals surface area contributed by atoms with Gasteiger partial charge in [0.25, 0.3) is 0 Å². The van der Waals surface area contributed by atoms with Gasteiger partial charge in [0.2, 0.25) is 0 Å². The van der Waals surface area contributed by atoms with Crippen molar-refractivity contribution in [2.45, 2.75) is 6.92 Å². The Morgan fingerprint density at radius 1 is 1.14 bits per heavy atom. The Bertz CT molecular complexity index is 833. The zero-order valence-electron chi connectivity index (χ0n) is 11.4. The van der Waals surface area contributed by atoms with E-state index in [1.54, 1.807) is 18.5 Å². The molecule has 0 radical (unpaired) electrons. The predicted molar refractivity (Wildman–Crippen MR) is 86.7 cm³/mol. The number of ether oxygens (including phenoxy) is 1. The lowest BCUT2D eigenvalue weighted by Crippen LogP contribution is -2.10. The van der Waals surface area contributed by atoms with E-state index in [1.165, 1.54) is 0 Å². The summed E-state index contributed by atoms with van der Waals surface area (Å²) in [6.07, 6.45) is 3.23. The number of thiocarbonyl (C=S) groups is 1. The molecule has 3 rings (SSSR count). The minimum absolute atomic E-state index is 0.275. The molecule has 4 nitrogen and oxygen atoms in total. The maximum atomic E-state index is 5.95. The first-order valence-electron chi connectivity index (χ1n) is 6.43. The lowest BCUT2D eigenvalue weighted by Gasteiger charge is -2.11. The number of hydrogen-bond donors (Lipinski definition) is 1. The van der Waals surface area contributed by atoms with Crippen LogP contribution >= 0.6 is 12.2 Å². The fourth-order valence-corrected chi connectivity index (χ4v) is 2.25. The summed E-state index contributed by atoms with van der Waals surface area (Å²) in [6, 6.07) is 11.5. The van der Waals surface area contributed by atoms with Gasteiger partial charge in [0.1, 0.15) is 10.5 Å². The molecular weight excluding hydrogens is 282 g/mol. The molecule has 0 aliphatic rings. The molecule has 2 aromatic heterocycles. The standard InChI is InChI=1S/C16H13N3OS/c1-10-5-6-11-3-2-4-13(15(11)19-10)20-14-9-18-8-7-12(14)16(17)21/h2-9H,1H3,(H2,17,21). The average molecular weight is 295 g/mol. The number of rotatable bonds is 3. The summed E-state index contributed by atoms with van der Waals surface area (Å²) >= 11 is 5.04. The smallest absolute Gasteiger partial charge is 0.155 e. The third kappa shape index (κ3) is 2.68. The van der Waals surface area contributed by atoms with Crippen molar-refractivity contribution in [2.75, 3.05) is 0 Å². The van der Waals surface area contributed by atoms with Gasteiger partial charge in [0.15, 0.2) is 11.5 Å². The highest BCUT2D eigenvalue weighted by Crippen LogP contribution is 2.30. The molecule has 1 aromatic carbocycles. The zero-order valence-corrected chi connectivity index (χ0v) is 12.2. The molecule has 0 atom stereocenters. The molecule has 5 heteroatoms. The number of aryl methyl sites for hydroxylation is 1. The molecule has 0 unspecified atom stereocenters. The van der Waals surface area contributed by atoms with Gasteiger partial charge < -0.3 is 10.5 Å². The Kier molecular flexibility index (Phi) is 3.50. The molecule has 0 aliphatic heterocycles. The molecule has 0 saturated carbocycles. The topological polar surface area (TPSA) is 61.0 Å². The number of hydrogen-bond acceptors (Lipinski definition) is 4. The Labute approximate surface area is 127 Å². The van der Waals surface area contributed by atoms with Crippen LogP contribution in [0.2, 0.25) is 0 Å². The van der Waals surface area contributed by atoms with Crippen molar-refractivity contribution in [1.82, 2.24) is 9.97 Å². The van der Waals surface area contributed by atoms with E-state index in [1.807, 2.05) is 37.3 Å². The van der Waals surface area contributed by atoms with Crippen molar-refractivity contribution in [2.24, 2.45) is 5.73 Å². The van der Waals surface area contributed by atoms with Gasteiger partial charge in [-0.15, -0.1) is 0 Å². The van der Waals surface area contributed by atoms with E-state index in [-0.39, 0.29) is 4.99 Å². The number of nitrogens with two attached hydrogens (primary N) is 1. The van der Waals surface area contributed by atoms with Crippen molar-refractivity contribution in [3.63, 3.8) is 0 Å². The SMILES string of the molecule is Cc1ccc2cccc(Oc3cnccc3C(N)=S)c2n1. The number of fused-ring (bicyclic) bond motifs is 1. The van der Waals surface area contributed by atoms with Gasteiger partial charge in [0, 0.05) is 17.3 Å². The summed E-state index contributed by atoms with van der Waals surface area (Å²) in [5.41, 5.74) is 8.10. The minimum Gasteiger partial charge on any atom is -0.453 e. The molecule has 0 saturated heterocycles. The molecule has 21 heavy (non-hydrogen) atoms. The Balaban J connectivity index is 2.11. The maximum absolute atomic E-state index is 5.95. The van der Waals surface area contributed by atoms with Crippen LogP contribution in [0.25, 0.3) is 10.9 Å². The number of nitrogens with zero attached hydrogens (tertiary/aromatic N) is 2. The highest BCUT2D eigenvalue weighted by Gasteiger charge is 2.10. The second kappa shape index (κ2) is 5.46. The molecule has 2 N–H and O–H groups in total. The van der Waals surface area contributed by atoms with Crippen molar-refractivity contribution in [3.05, 3.63) is 60.0 Å². The van der Waals surface area contributed by atoms with Gasteiger partial charge in [0.05, 0.1) is 11.8 Å². The summed E-state index contributed by atoms with van der Waals surface area (Å²) in [7, 11) is 0. The fourth-order valence-electron chi connectivity index (χ4n) is 2.08. The van der Waals surface area contributed by atoms with Gasteiger partial charge in [-0.05, 0) is 25.1 Å². The van der Waals surface area contributed by atoms with E-state index >= 15 is 0 Å². The number of benzene rings is 1. The van der Waals surface area contributed by atoms with Gasteiger partial charge in [-0.3, -0.25) is 4.98 Å². The molecule has 2 heterocycles. The maximum Gasteiger partial charge on any atom is 0.155 e. The van der Waals surface area contributed by atoms with Gasteiger partial charge in [-0.1, -0.05) is 30.4 Å². The Morgan fingerprint density at radius 3 is 2.81 bits per heavy atom. The van der Waals surface area contributed by atoms with Crippen molar-refractivity contribution < 1.29 is 4.74 Å². The third-order valence-electron chi connectivity index (χ3n) is 3.09. The minimum atomic E-state index is 0.275. The average Bonchev–Trinajstić information content (AvgIpc) is 2.48. The second-order valence-corrected chi connectivity index (χ2v) is 5.06. The van der Waals surface area contributed by atoms with Crippen LogP contribution in [0.3, 0.4) is 0 Å². The summed E-state index contributed by atoms with van der Waals surface area (Å²) in [6.45, 7) is 1.95. The summed E-state index contributed by atoms with van der Waals surface area (Å²) in [4.78, 5) is 8.87. The molecule has 0 amide bonds. The van der Waals surface area contributed by atoms with Crippen LogP contribution in [0.15, 0.2) is 48.8 Å². The van der Waals surface area contributed by atoms with E-state index in [2.05, 4.69) is 9.97 Å². The molecular formula is C16H13N3OS. The summed E-state index contributed by atoms with van der Waals surface area (Å²) < 4.78 is 5.95. The first kappa shape index (κ1) is 13.5. The molecule has 104 valence electrons. The van der Waals surface area contributed by atoms with Crippen LogP contribution in [0.4, 0.5) is 0 Å². The molecule has 0 aliphatic carbocycles. The van der Waals surface area contributed by atoms with Crippen molar-refractivity contribution in [1.29, 1.82) is 0 Å². The highest BCUT2D eigenvalue weighted by molar-refractivity contribution is 7.80. The molecule has 0 fully saturated rings. The number of aromatic nitrogens is 2. The van der Waals surface area contributed by atoms with Gasteiger partial charge in [-0.2, -0.15) is 0 Å². The Hall–Kier alpha value is -2.53. The van der Waals surface area contributed by atoms with Crippen LogP contribution in [-0.2, 0) is 0 Å². The van der Waals surface area contributed by atoms with Gasteiger partial charge in [-0.25, -0.2) is 4.98 Å². The summed E-state index contributed by atoms with van der Waals surface area (Å²) in [5.74, 6) is 1.18. The quantitative estimate of drug-likeness (QED) is 0.751. The number of para-hydroxylation sites is 1.